The molecule has 1 aliphatic heterocycles. The Balaban J connectivity index is 1.79. The van der Waals surface area contributed by atoms with Crippen LogP contribution in [0.15, 0.2) is 65.7 Å². The van der Waals surface area contributed by atoms with Crippen LogP contribution in [0.3, 0.4) is 0 Å². The minimum atomic E-state index is -4.09. The molecule has 0 bridgehead atoms. The number of benzene rings is 2. The highest BCUT2D eigenvalue weighted by atomic mass is 32.2. The molecule has 30 heavy (non-hydrogen) atoms. The van der Waals surface area contributed by atoms with Crippen molar-refractivity contribution in [2.45, 2.75) is 17.4 Å². The van der Waals surface area contributed by atoms with E-state index in [0.29, 0.717) is 17.8 Å². The molecule has 2 heterocycles. The number of nitrogens with one attached hydrogen (secondary N) is 1. The van der Waals surface area contributed by atoms with Crippen molar-refractivity contribution in [1.29, 1.82) is 0 Å². The normalized spacial score (nSPS) is 15.8. The molecule has 1 aromatic heterocycles. The lowest BCUT2D eigenvalue weighted by Gasteiger charge is -2.40. The van der Waals surface area contributed by atoms with Crippen molar-refractivity contribution in [1.82, 2.24) is 9.29 Å². The Morgan fingerprint density at radius 3 is 2.47 bits per heavy atom. The smallest absolute Gasteiger partial charge is 0.282 e. The Labute approximate surface area is 172 Å². The quantitative estimate of drug-likeness (QED) is 0.642. The molecule has 1 N–H and O–H groups in total. The van der Waals surface area contributed by atoms with Gasteiger partial charge < -0.3 is 10.2 Å². The lowest BCUT2D eigenvalue weighted by Crippen LogP contribution is -2.56. The van der Waals surface area contributed by atoms with E-state index in [1.165, 1.54) is 47.5 Å². The third kappa shape index (κ3) is 3.70. The van der Waals surface area contributed by atoms with Crippen LogP contribution in [0.4, 0.5) is 18.9 Å². The molecule has 0 unspecified atom stereocenters. The van der Waals surface area contributed by atoms with Crippen LogP contribution in [-0.2, 0) is 16.6 Å². The van der Waals surface area contributed by atoms with Crippen molar-refractivity contribution in [2.24, 2.45) is 0 Å². The standard InChI is InChI=1S/C21H20F3N3O2S/c1-25-11-15-9-20(18-7-2-3-8-19(18)22)27(12-15)30(28,29)17-6-4-5-16(10-17)26-13-21(23,24)14-26/h2-10,12,25H,11,13-14H2,1H3. The summed E-state index contributed by atoms with van der Waals surface area (Å²) in [7, 11) is -2.37. The fraction of sp³-hybridized carbons (Fsp3) is 0.238. The van der Waals surface area contributed by atoms with Crippen molar-refractivity contribution in [3.8, 4) is 11.3 Å². The van der Waals surface area contributed by atoms with Crippen molar-refractivity contribution >= 4 is 15.7 Å². The second-order valence-corrected chi connectivity index (χ2v) is 9.07. The molecular weight excluding hydrogens is 415 g/mol. The molecule has 3 aromatic rings. The molecule has 0 spiro atoms. The van der Waals surface area contributed by atoms with Gasteiger partial charge >= 0.3 is 0 Å². The maximum Gasteiger partial charge on any atom is 0.282 e. The van der Waals surface area contributed by atoms with Crippen molar-refractivity contribution in [3.05, 3.63) is 72.2 Å². The van der Waals surface area contributed by atoms with Crippen LogP contribution in [0.5, 0.6) is 0 Å². The van der Waals surface area contributed by atoms with Crippen LogP contribution >= 0.6 is 0 Å². The van der Waals surface area contributed by atoms with Crippen LogP contribution < -0.4 is 10.2 Å². The number of hydrogen-bond donors (Lipinski definition) is 1. The Morgan fingerprint density at radius 1 is 1.07 bits per heavy atom. The van der Waals surface area contributed by atoms with Gasteiger partial charge in [0.1, 0.15) is 5.82 Å². The third-order valence-electron chi connectivity index (χ3n) is 4.96. The molecule has 0 amide bonds. The topological polar surface area (TPSA) is 54.3 Å². The van der Waals surface area contributed by atoms with E-state index in [4.69, 9.17) is 0 Å². The molecule has 0 aliphatic carbocycles. The largest absolute Gasteiger partial charge is 0.359 e. The van der Waals surface area contributed by atoms with E-state index in [1.54, 1.807) is 25.2 Å². The molecule has 0 atom stereocenters. The third-order valence-corrected chi connectivity index (χ3v) is 6.63. The van der Waals surface area contributed by atoms with Gasteiger partial charge in [-0.25, -0.2) is 25.6 Å². The summed E-state index contributed by atoms with van der Waals surface area (Å²) >= 11 is 0. The van der Waals surface area contributed by atoms with E-state index in [9.17, 15) is 21.6 Å². The summed E-state index contributed by atoms with van der Waals surface area (Å²) in [5, 5.41) is 2.95. The Kier molecular flexibility index (Phi) is 5.11. The second-order valence-electron chi connectivity index (χ2n) is 7.25. The number of hydrogen-bond acceptors (Lipinski definition) is 4. The summed E-state index contributed by atoms with van der Waals surface area (Å²) in [5.74, 6) is -3.31. The first-order valence-electron chi connectivity index (χ1n) is 9.30. The van der Waals surface area contributed by atoms with Crippen LogP contribution in [-0.4, -0.2) is 38.4 Å². The number of halogens is 3. The fourth-order valence-corrected chi connectivity index (χ4v) is 4.94. The average molecular weight is 435 g/mol. The Hall–Kier alpha value is -2.78. The van der Waals surface area contributed by atoms with Gasteiger partial charge in [-0.3, -0.25) is 0 Å². The molecule has 1 saturated heterocycles. The van der Waals surface area contributed by atoms with E-state index in [1.807, 2.05) is 0 Å². The summed E-state index contributed by atoms with van der Waals surface area (Å²) in [4.78, 5) is 1.36. The minimum absolute atomic E-state index is 0.0561. The van der Waals surface area contributed by atoms with E-state index in [-0.39, 0.29) is 16.2 Å². The molecule has 4 rings (SSSR count). The Morgan fingerprint density at radius 2 is 1.80 bits per heavy atom. The van der Waals surface area contributed by atoms with Gasteiger partial charge in [0.15, 0.2) is 0 Å². The first-order valence-corrected chi connectivity index (χ1v) is 10.7. The van der Waals surface area contributed by atoms with E-state index >= 15 is 0 Å². The maximum atomic E-state index is 14.4. The first kappa shape index (κ1) is 20.5. The number of aromatic nitrogens is 1. The van der Waals surface area contributed by atoms with Crippen molar-refractivity contribution < 1.29 is 21.6 Å². The molecule has 0 radical (unpaired) electrons. The highest BCUT2D eigenvalue weighted by Crippen LogP contribution is 2.34. The summed E-state index contributed by atoms with van der Waals surface area (Å²) in [6.07, 6.45) is 1.44. The van der Waals surface area contributed by atoms with Gasteiger partial charge in [0.05, 0.1) is 23.7 Å². The predicted octanol–water partition coefficient (Wildman–Crippen LogP) is 3.71. The van der Waals surface area contributed by atoms with E-state index in [0.717, 1.165) is 3.97 Å². The van der Waals surface area contributed by atoms with Crippen LogP contribution in [0.25, 0.3) is 11.3 Å². The first-order chi connectivity index (χ1) is 14.2. The molecule has 158 valence electrons. The monoisotopic (exact) mass is 435 g/mol. The van der Waals surface area contributed by atoms with Gasteiger partial charge in [-0.2, -0.15) is 0 Å². The molecular formula is C21H20F3N3O2S. The van der Waals surface area contributed by atoms with Gasteiger partial charge in [0.2, 0.25) is 0 Å². The summed E-state index contributed by atoms with van der Waals surface area (Å²) < 4.78 is 68.8. The van der Waals surface area contributed by atoms with Gasteiger partial charge in [-0.1, -0.05) is 18.2 Å². The lowest BCUT2D eigenvalue weighted by molar-refractivity contribution is -0.0262. The van der Waals surface area contributed by atoms with Gasteiger partial charge in [0, 0.05) is 24.0 Å². The van der Waals surface area contributed by atoms with E-state index in [2.05, 4.69) is 5.32 Å². The molecule has 0 saturated carbocycles. The van der Waals surface area contributed by atoms with E-state index < -0.39 is 34.9 Å². The van der Waals surface area contributed by atoms with Gasteiger partial charge in [-0.05, 0) is 49.0 Å². The fourth-order valence-electron chi connectivity index (χ4n) is 3.51. The van der Waals surface area contributed by atoms with Crippen LogP contribution in [0.1, 0.15) is 5.56 Å². The lowest BCUT2D eigenvalue weighted by atomic mass is 10.1. The zero-order chi connectivity index (χ0) is 21.5. The molecule has 1 aliphatic rings. The average Bonchev–Trinajstić information content (AvgIpc) is 3.11. The molecule has 1 fully saturated rings. The minimum Gasteiger partial charge on any atom is -0.359 e. The highest BCUT2D eigenvalue weighted by molar-refractivity contribution is 7.90. The Bertz CT molecular complexity index is 1180. The number of nitrogens with zero attached hydrogens (tertiary/aromatic N) is 2. The SMILES string of the molecule is CNCc1cc(-c2ccccc2F)n(S(=O)(=O)c2cccc(N3CC(F)(F)C3)c2)c1. The number of rotatable bonds is 6. The molecule has 2 aromatic carbocycles. The highest BCUT2D eigenvalue weighted by Gasteiger charge is 2.44. The predicted molar refractivity (Wildman–Crippen MR) is 109 cm³/mol. The zero-order valence-corrected chi connectivity index (χ0v) is 17.0. The van der Waals surface area contributed by atoms with Crippen LogP contribution in [0.2, 0.25) is 0 Å². The number of alkyl halides is 2. The summed E-state index contributed by atoms with van der Waals surface area (Å²) in [5.41, 5.74) is 1.41. The summed E-state index contributed by atoms with van der Waals surface area (Å²) in [6.45, 7) is -0.507. The van der Waals surface area contributed by atoms with Crippen molar-refractivity contribution in [2.75, 3.05) is 25.0 Å². The van der Waals surface area contributed by atoms with Gasteiger partial charge in [-0.15, -0.1) is 0 Å². The molecule has 5 nitrogen and oxygen atoms in total. The van der Waals surface area contributed by atoms with Crippen LogP contribution in [0, 0.1) is 5.82 Å². The van der Waals surface area contributed by atoms with Crippen molar-refractivity contribution in [3.63, 3.8) is 0 Å². The zero-order valence-electron chi connectivity index (χ0n) is 16.1. The number of anilines is 1. The summed E-state index contributed by atoms with van der Waals surface area (Å²) in [6, 6.07) is 13.4. The molecule has 9 heteroatoms. The van der Waals surface area contributed by atoms with Gasteiger partial charge in [0.25, 0.3) is 15.9 Å². The maximum absolute atomic E-state index is 14.4. The second kappa shape index (κ2) is 7.48.